The van der Waals surface area contributed by atoms with Crippen LogP contribution in [-0.4, -0.2) is 19.4 Å². The van der Waals surface area contributed by atoms with Gasteiger partial charge in [0.2, 0.25) is 0 Å². The molecule has 1 rings (SSSR count). The van der Waals surface area contributed by atoms with E-state index in [9.17, 15) is 9.59 Å². The zero-order valence-electron chi connectivity index (χ0n) is 10.2. The number of rotatable bonds is 7. The molecule has 2 radical (unpaired) electrons. The molecule has 0 aliphatic rings. The third-order valence-corrected chi connectivity index (χ3v) is 2.61. The van der Waals surface area contributed by atoms with E-state index in [4.69, 9.17) is 7.85 Å². The van der Waals surface area contributed by atoms with Gasteiger partial charge in [-0.15, -0.1) is 0 Å². The molecule has 88 valence electrons. The SMILES string of the molecule is [B]CCC(=O)Cc1ccc(CCC(C)=O)cc1. The second-order valence-electron chi connectivity index (χ2n) is 4.27. The number of carbonyl (C=O) groups excluding carboxylic acids is 2. The normalized spacial score (nSPS) is 10.2. The Balaban J connectivity index is 2.49. The Morgan fingerprint density at radius 2 is 1.65 bits per heavy atom. The van der Waals surface area contributed by atoms with Crippen LogP contribution < -0.4 is 0 Å². The van der Waals surface area contributed by atoms with Crippen LogP contribution >= 0.6 is 0 Å². The number of aryl methyl sites for hydroxylation is 1. The highest BCUT2D eigenvalue weighted by atomic mass is 16.1. The van der Waals surface area contributed by atoms with Gasteiger partial charge in [-0.05, 0) is 30.9 Å². The van der Waals surface area contributed by atoms with E-state index in [-0.39, 0.29) is 11.6 Å². The highest BCUT2D eigenvalue weighted by molar-refractivity contribution is 6.10. The van der Waals surface area contributed by atoms with Crippen LogP contribution in [0.1, 0.15) is 30.9 Å². The monoisotopic (exact) mass is 228 g/mol. The molecule has 0 saturated carbocycles. The molecule has 3 heteroatoms. The second kappa shape index (κ2) is 7.05. The molecule has 0 heterocycles. The van der Waals surface area contributed by atoms with Crippen molar-refractivity contribution in [3.05, 3.63) is 35.4 Å². The van der Waals surface area contributed by atoms with Gasteiger partial charge >= 0.3 is 0 Å². The maximum absolute atomic E-state index is 11.4. The first-order valence-corrected chi connectivity index (χ1v) is 5.91. The Morgan fingerprint density at radius 3 is 2.18 bits per heavy atom. The summed E-state index contributed by atoms with van der Waals surface area (Å²) in [6, 6.07) is 7.86. The molecule has 0 bridgehead atoms. The molecule has 0 fully saturated rings. The fourth-order valence-electron chi connectivity index (χ4n) is 1.62. The van der Waals surface area contributed by atoms with Crippen LogP contribution in [0.2, 0.25) is 6.32 Å². The highest BCUT2D eigenvalue weighted by Crippen LogP contribution is 2.09. The molecule has 0 aliphatic heterocycles. The van der Waals surface area contributed by atoms with E-state index in [0.717, 1.165) is 17.5 Å². The number of benzene rings is 1. The zero-order chi connectivity index (χ0) is 12.7. The molecule has 0 aliphatic carbocycles. The second-order valence-corrected chi connectivity index (χ2v) is 4.27. The van der Waals surface area contributed by atoms with E-state index >= 15 is 0 Å². The summed E-state index contributed by atoms with van der Waals surface area (Å²) in [5.74, 6) is 0.371. The van der Waals surface area contributed by atoms with Crippen LogP contribution in [0.3, 0.4) is 0 Å². The van der Waals surface area contributed by atoms with E-state index in [1.807, 2.05) is 24.3 Å². The van der Waals surface area contributed by atoms with E-state index in [0.29, 0.717) is 25.6 Å². The lowest BCUT2D eigenvalue weighted by molar-refractivity contribution is -0.118. The number of hydrogen-bond donors (Lipinski definition) is 0. The molecule has 0 aromatic heterocycles. The maximum atomic E-state index is 11.4. The fraction of sp³-hybridized carbons (Fsp3) is 0.429. The Kier molecular flexibility index (Phi) is 5.68. The fourth-order valence-corrected chi connectivity index (χ4v) is 1.62. The van der Waals surface area contributed by atoms with Crippen molar-refractivity contribution in [3.63, 3.8) is 0 Å². The van der Waals surface area contributed by atoms with Crippen LogP contribution in [0.5, 0.6) is 0 Å². The molecular weight excluding hydrogens is 211 g/mol. The maximum Gasteiger partial charge on any atom is 0.136 e. The van der Waals surface area contributed by atoms with Gasteiger partial charge in [0.1, 0.15) is 11.6 Å². The Labute approximate surface area is 104 Å². The van der Waals surface area contributed by atoms with Crippen molar-refractivity contribution in [1.82, 2.24) is 0 Å². The van der Waals surface area contributed by atoms with Gasteiger partial charge in [0.05, 0.1) is 7.85 Å². The predicted octanol–water partition coefficient (Wildman–Crippen LogP) is 2.30. The first kappa shape index (κ1) is 13.7. The smallest absolute Gasteiger partial charge is 0.136 e. The molecule has 17 heavy (non-hydrogen) atoms. The first-order valence-electron chi connectivity index (χ1n) is 5.91. The lowest BCUT2D eigenvalue weighted by Gasteiger charge is -2.03. The van der Waals surface area contributed by atoms with Crippen molar-refractivity contribution < 1.29 is 9.59 Å². The molecular formula is C14H17BO2. The van der Waals surface area contributed by atoms with Gasteiger partial charge in [-0.1, -0.05) is 30.6 Å². The molecule has 1 aromatic carbocycles. The molecule has 0 N–H and O–H groups in total. The standard InChI is InChI=1S/C14H17BO2/c1-11(16)2-3-12-4-6-13(7-5-12)10-14(17)8-9-15/h4-7H,2-3,8-10H2,1H3. The van der Waals surface area contributed by atoms with Crippen LogP contribution in [0.25, 0.3) is 0 Å². The largest absolute Gasteiger partial charge is 0.300 e. The number of Topliss-reactive ketones (excluding diaryl/α,β-unsaturated/α-hetero) is 2. The molecule has 0 amide bonds. The van der Waals surface area contributed by atoms with Crippen LogP contribution in [0.4, 0.5) is 0 Å². The molecule has 0 unspecified atom stereocenters. The average molecular weight is 228 g/mol. The summed E-state index contributed by atoms with van der Waals surface area (Å²) < 4.78 is 0. The van der Waals surface area contributed by atoms with E-state index in [1.165, 1.54) is 0 Å². The zero-order valence-corrected chi connectivity index (χ0v) is 10.2. The first-order chi connectivity index (χ1) is 8.11. The van der Waals surface area contributed by atoms with Gasteiger partial charge in [0.25, 0.3) is 0 Å². The Hall–Kier alpha value is -1.38. The van der Waals surface area contributed by atoms with Gasteiger partial charge < -0.3 is 4.79 Å². The molecule has 0 spiro atoms. The average Bonchev–Trinajstić information content (AvgIpc) is 2.28. The van der Waals surface area contributed by atoms with E-state index in [2.05, 4.69) is 0 Å². The third kappa shape index (κ3) is 5.48. The lowest BCUT2D eigenvalue weighted by Crippen LogP contribution is -2.02. The topological polar surface area (TPSA) is 34.1 Å². The molecule has 1 aromatic rings. The summed E-state index contributed by atoms with van der Waals surface area (Å²) in [4.78, 5) is 22.2. The van der Waals surface area contributed by atoms with Crippen molar-refractivity contribution in [2.24, 2.45) is 0 Å². The van der Waals surface area contributed by atoms with Crippen LogP contribution in [-0.2, 0) is 22.4 Å². The van der Waals surface area contributed by atoms with E-state index in [1.54, 1.807) is 6.92 Å². The minimum Gasteiger partial charge on any atom is -0.300 e. The van der Waals surface area contributed by atoms with Gasteiger partial charge in [0, 0.05) is 12.8 Å². The number of hydrogen-bond acceptors (Lipinski definition) is 2. The van der Waals surface area contributed by atoms with Gasteiger partial charge in [-0.25, -0.2) is 0 Å². The summed E-state index contributed by atoms with van der Waals surface area (Å²) in [6.07, 6.45) is 2.64. The summed E-state index contributed by atoms with van der Waals surface area (Å²) in [5.41, 5.74) is 2.14. The van der Waals surface area contributed by atoms with Crippen molar-refractivity contribution >= 4 is 19.4 Å². The van der Waals surface area contributed by atoms with Crippen LogP contribution in [0.15, 0.2) is 24.3 Å². The van der Waals surface area contributed by atoms with Crippen molar-refractivity contribution in [3.8, 4) is 0 Å². The minimum absolute atomic E-state index is 0.170. The summed E-state index contributed by atoms with van der Waals surface area (Å²) in [5, 5.41) is 0. The summed E-state index contributed by atoms with van der Waals surface area (Å²) in [7, 11) is 5.32. The van der Waals surface area contributed by atoms with Crippen molar-refractivity contribution in [2.75, 3.05) is 0 Å². The summed E-state index contributed by atoms with van der Waals surface area (Å²) >= 11 is 0. The van der Waals surface area contributed by atoms with Crippen molar-refractivity contribution in [1.29, 1.82) is 0 Å². The van der Waals surface area contributed by atoms with Crippen LogP contribution in [0, 0.1) is 0 Å². The number of carbonyl (C=O) groups is 2. The highest BCUT2D eigenvalue weighted by Gasteiger charge is 2.02. The lowest BCUT2D eigenvalue weighted by atomic mass is 9.96. The quantitative estimate of drug-likeness (QED) is 0.671. The van der Waals surface area contributed by atoms with Crippen molar-refractivity contribution in [2.45, 2.75) is 38.9 Å². The Bertz CT molecular complexity index is 382. The predicted molar refractivity (Wildman–Crippen MR) is 69.3 cm³/mol. The molecule has 0 saturated heterocycles. The van der Waals surface area contributed by atoms with Gasteiger partial charge in [-0.3, -0.25) is 4.79 Å². The molecule has 0 atom stereocenters. The number of ketones is 2. The Morgan fingerprint density at radius 1 is 1.06 bits per heavy atom. The van der Waals surface area contributed by atoms with E-state index < -0.39 is 0 Å². The third-order valence-electron chi connectivity index (χ3n) is 2.61. The summed E-state index contributed by atoms with van der Waals surface area (Å²) in [6.45, 7) is 1.60. The minimum atomic E-state index is 0.170. The van der Waals surface area contributed by atoms with Gasteiger partial charge in [0.15, 0.2) is 0 Å². The van der Waals surface area contributed by atoms with Gasteiger partial charge in [-0.2, -0.15) is 0 Å². The molecule has 2 nitrogen and oxygen atoms in total.